The van der Waals surface area contributed by atoms with Crippen LogP contribution in [0.4, 0.5) is 0 Å². The number of phenolic OH excluding ortho intramolecular Hbond substituents is 1. The van der Waals surface area contributed by atoms with Gasteiger partial charge in [0.25, 0.3) is 0 Å². The molecule has 6 nitrogen and oxygen atoms in total. The normalized spacial score (nSPS) is 24.6. The molecule has 0 saturated heterocycles. The van der Waals surface area contributed by atoms with E-state index in [4.69, 9.17) is 0 Å². The summed E-state index contributed by atoms with van der Waals surface area (Å²) in [6.07, 6.45) is -1.70. The van der Waals surface area contributed by atoms with Crippen molar-refractivity contribution in [3.63, 3.8) is 0 Å². The van der Waals surface area contributed by atoms with Crippen LogP contribution in [-0.4, -0.2) is 44.4 Å². The van der Waals surface area contributed by atoms with Crippen molar-refractivity contribution in [2.45, 2.75) is 25.0 Å². The lowest BCUT2D eigenvalue weighted by Gasteiger charge is -2.35. The van der Waals surface area contributed by atoms with Gasteiger partial charge in [0.1, 0.15) is 11.9 Å². The third kappa shape index (κ3) is 1.95. The van der Waals surface area contributed by atoms with E-state index < -0.39 is 29.1 Å². The van der Waals surface area contributed by atoms with E-state index in [1.165, 1.54) is 37.3 Å². The van der Waals surface area contributed by atoms with E-state index in [0.29, 0.717) is 5.56 Å². The van der Waals surface area contributed by atoms with Gasteiger partial charge in [-0.1, -0.05) is 18.2 Å². The first-order valence-corrected chi connectivity index (χ1v) is 7.76. The number of fused-ring (bicyclic) bond motifs is 4. The summed E-state index contributed by atoms with van der Waals surface area (Å²) in [5.74, 6) is -2.19. The maximum Gasteiger partial charge on any atom is 0.198 e. The highest BCUT2D eigenvalue weighted by atomic mass is 16.3. The predicted octanol–water partition coefficient (Wildman–Crippen LogP) is 1.02. The molecule has 0 fully saturated rings. The number of hydrogen-bond acceptors (Lipinski definition) is 6. The first kappa shape index (κ1) is 15.7. The highest BCUT2D eigenvalue weighted by molar-refractivity contribution is 6.32. The molecule has 4 rings (SSSR count). The van der Waals surface area contributed by atoms with Crippen LogP contribution < -0.4 is 0 Å². The maximum atomic E-state index is 12.9. The second kappa shape index (κ2) is 4.84. The number of ketones is 3. The Morgan fingerprint density at radius 2 is 1.60 bits per heavy atom. The van der Waals surface area contributed by atoms with Crippen molar-refractivity contribution in [2.24, 2.45) is 0 Å². The second-order valence-electron chi connectivity index (χ2n) is 6.68. The van der Waals surface area contributed by atoms with E-state index in [9.17, 15) is 29.7 Å². The number of benzene rings is 2. The van der Waals surface area contributed by atoms with Crippen LogP contribution in [-0.2, 0) is 6.42 Å². The lowest BCUT2D eigenvalue weighted by atomic mass is 9.72. The van der Waals surface area contributed by atoms with Crippen molar-refractivity contribution in [2.75, 3.05) is 0 Å². The van der Waals surface area contributed by atoms with Crippen molar-refractivity contribution >= 4 is 17.3 Å². The standard InChI is InChI=1S/C19H14O6/c1-19(25)7-8-5-6-10-14(12(8)17(23)18(19)24)16(22)9-3-2-4-11(20)13(9)15(10)21/h2-6,18,20,24-25H,7H2,1H3. The molecule has 0 bridgehead atoms. The van der Waals surface area contributed by atoms with Gasteiger partial charge in [-0.25, -0.2) is 0 Å². The Hall–Kier alpha value is -2.83. The van der Waals surface area contributed by atoms with Crippen molar-refractivity contribution in [3.05, 3.63) is 63.7 Å². The molecule has 2 aromatic carbocycles. The zero-order valence-corrected chi connectivity index (χ0v) is 13.2. The monoisotopic (exact) mass is 338 g/mol. The van der Waals surface area contributed by atoms with E-state index in [-0.39, 0.29) is 40.0 Å². The summed E-state index contributed by atoms with van der Waals surface area (Å²) < 4.78 is 0. The third-order valence-electron chi connectivity index (χ3n) is 4.91. The average Bonchev–Trinajstić information content (AvgIpc) is 2.56. The van der Waals surface area contributed by atoms with Gasteiger partial charge in [-0.2, -0.15) is 0 Å². The number of aliphatic hydroxyl groups is 2. The van der Waals surface area contributed by atoms with Crippen LogP contribution in [0, 0.1) is 0 Å². The van der Waals surface area contributed by atoms with Gasteiger partial charge in [-0.3, -0.25) is 14.4 Å². The van der Waals surface area contributed by atoms with E-state index in [0.717, 1.165) is 0 Å². The van der Waals surface area contributed by atoms with Crippen molar-refractivity contribution in [3.8, 4) is 5.75 Å². The fourth-order valence-corrected chi connectivity index (χ4v) is 3.64. The van der Waals surface area contributed by atoms with E-state index in [1.807, 2.05) is 0 Å². The van der Waals surface area contributed by atoms with Crippen LogP contribution >= 0.6 is 0 Å². The zero-order valence-electron chi connectivity index (χ0n) is 13.2. The van der Waals surface area contributed by atoms with Crippen molar-refractivity contribution < 1.29 is 29.7 Å². The molecule has 25 heavy (non-hydrogen) atoms. The minimum atomic E-state index is -1.68. The van der Waals surface area contributed by atoms with Crippen molar-refractivity contribution in [1.82, 2.24) is 0 Å². The molecule has 2 aliphatic rings. The molecule has 0 heterocycles. The fraction of sp³-hybridized carbons (Fsp3) is 0.211. The second-order valence-corrected chi connectivity index (χ2v) is 6.68. The lowest BCUT2D eigenvalue weighted by molar-refractivity contribution is -0.0488. The molecule has 0 spiro atoms. The Morgan fingerprint density at radius 3 is 2.32 bits per heavy atom. The quantitative estimate of drug-likeness (QED) is 0.564. The predicted molar refractivity (Wildman–Crippen MR) is 86.1 cm³/mol. The van der Waals surface area contributed by atoms with Crippen LogP contribution in [0.1, 0.15) is 54.7 Å². The Balaban J connectivity index is 2.03. The molecule has 0 aliphatic heterocycles. The van der Waals surface area contributed by atoms with Crippen LogP contribution in [0.3, 0.4) is 0 Å². The van der Waals surface area contributed by atoms with Gasteiger partial charge >= 0.3 is 0 Å². The highest BCUT2D eigenvalue weighted by Crippen LogP contribution is 2.38. The van der Waals surface area contributed by atoms with Crippen molar-refractivity contribution in [1.29, 1.82) is 0 Å². The molecule has 2 unspecified atom stereocenters. The van der Waals surface area contributed by atoms with Gasteiger partial charge in [0.2, 0.25) is 0 Å². The van der Waals surface area contributed by atoms with Gasteiger partial charge in [-0.05, 0) is 24.6 Å². The average molecular weight is 338 g/mol. The number of carbonyl (C=O) groups excluding carboxylic acids is 3. The number of rotatable bonds is 0. The molecule has 126 valence electrons. The Kier molecular flexibility index (Phi) is 3.04. The van der Waals surface area contributed by atoms with Gasteiger partial charge < -0.3 is 15.3 Å². The molecule has 6 heteroatoms. The first-order valence-electron chi connectivity index (χ1n) is 7.76. The summed E-state index contributed by atoms with van der Waals surface area (Å²) in [6, 6.07) is 7.10. The van der Waals surface area contributed by atoms with Gasteiger partial charge in [-0.15, -0.1) is 0 Å². The summed E-state index contributed by atoms with van der Waals surface area (Å²) in [7, 11) is 0. The van der Waals surface area contributed by atoms with Gasteiger partial charge in [0, 0.05) is 28.7 Å². The SMILES string of the molecule is CC1(O)Cc2ccc3c(c2C(=O)C1O)C(=O)c1cccc(O)c1C3=O. The highest BCUT2D eigenvalue weighted by Gasteiger charge is 2.46. The number of aromatic hydroxyl groups is 1. The third-order valence-corrected chi connectivity index (χ3v) is 4.91. The number of Topliss-reactive ketones (excluding diaryl/α,β-unsaturated/α-hetero) is 1. The largest absolute Gasteiger partial charge is 0.507 e. The van der Waals surface area contributed by atoms with Gasteiger partial charge in [0.15, 0.2) is 17.3 Å². The minimum Gasteiger partial charge on any atom is -0.507 e. The zero-order chi connectivity index (χ0) is 18.1. The summed E-state index contributed by atoms with van der Waals surface area (Å²) in [5.41, 5.74) is -1.38. The van der Waals surface area contributed by atoms with Gasteiger partial charge in [0.05, 0.1) is 11.2 Å². The molecule has 2 aromatic rings. The Morgan fingerprint density at radius 1 is 0.960 bits per heavy atom. The smallest absolute Gasteiger partial charge is 0.198 e. The number of hydrogen-bond donors (Lipinski definition) is 3. The fourth-order valence-electron chi connectivity index (χ4n) is 3.64. The topological polar surface area (TPSA) is 112 Å². The molecular weight excluding hydrogens is 324 g/mol. The summed E-state index contributed by atoms with van der Waals surface area (Å²) in [5, 5.41) is 30.3. The van der Waals surface area contributed by atoms with Crippen LogP contribution in [0.25, 0.3) is 0 Å². The molecule has 0 aromatic heterocycles. The minimum absolute atomic E-state index is 0.0137. The molecule has 0 radical (unpaired) electrons. The van der Waals surface area contributed by atoms with Crippen LogP contribution in [0.5, 0.6) is 5.75 Å². The first-order chi connectivity index (χ1) is 11.7. The Bertz CT molecular complexity index is 986. The van der Waals surface area contributed by atoms with E-state index in [2.05, 4.69) is 0 Å². The molecule has 0 amide bonds. The summed E-state index contributed by atoms with van der Waals surface area (Å²) in [6.45, 7) is 1.35. The molecule has 2 atom stereocenters. The number of aliphatic hydroxyl groups excluding tert-OH is 1. The Labute approximate surface area is 142 Å². The van der Waals surface area contributed by atoms with E-state index >= 15 is 0 Å². The summed E-state index contributed by atoms with van der Waals surface area (Å²) >= 11 is 0. The van der Waals surface area contributed by atoms with E-state index in [1.54, 1.807) is 0 Å². The molecular formula is C19H14O6. The summed E-state index contributed by atoms with van der Waals surface area (Å²) in [4.78, 5) is 38.3. The number of phenols is 1. The van der Waals surface area contributed by atoms with Crippen LogP contribution in [0.2, 0.25) is 0 Å². The number of carbonyl (C=O) groups is 3. The molecule has 3 N–H and O–H groups in total. The maximum absolute atomic E-state index is 12.9. The molecule has 0 saturated carbocycles. The lowest BCUT2D eigenvalue weighted by Crippen LogP contribution is -2.50. The van der Waals surface area contributed by atoms with Crippen LogP contribution in [0.15, 0.2) is 30.3 Å². The molecule has 2 aliphatic carbocycles.